The van der Waals surface area contributed by atoms with Crippen LogP contribution in [0.25, 0.3) is 6.08 Å². The van der Waals surface area contributed by atoms with E-state index in [9.17, 15) is 4.79 Å². The van der Waals surface area contributed by atoms with Gasteiger partial charge in [-0.05, 0) is 41.5 Å². The van der Waals surface area contributed by atoms with Gasteiger partial charge in [0.25, 0.3) is 0 Å². The number of ether oxygens (including phenoxy) is 3. The van der Waals surface area contributed by atoms with E-state index in [2.05, 4.69) is 10.1 Å². The van der Waals surface area contributed by atoms with E-state index in [1.165, 1.54) is 12.4 Å². The van der Waals surface area contributed by atoms with Crippen molar-refractivity contribution in [1.82, 2.24) is 14.8 Å². The predicted octanol–water partition coefficient (Wildman–Crippen LogP) is 3.95. The number of rotatable bonds is 8. The first-order valence-corrected chi connectivity index (χ1v) is 9.15. The first kappa shape index (κ1) is 20.4. The second-order valence-corrected chi connectivity index (χ2v) is 6.51. The van der Waals surface area contributed by atoms with Crippen LogP contribution in [0, 0.1) is 0 Å². The van der Waals surface area contributed by atoms with Crippen LogP contribution in [0.5, 0.6) is 11.5 Å². The van der Waals surface area contributed by atoms with Crippen LogP contribution in [-0.2, 0) is 16.1 Å². The second kappa shape index (κ2) is 9.75. The van der Waals surface area contributed by atoms with Crippen molar-refractivity contribution in [1.29, 1.82) is 0 Å². The van der Waals surface area contributed by atoms with E-state index in [0.717, 1.165) is 11.1 Å². The van der Waals surface area contributed by atoms with Gasteiger partial charge in [0.1, 0.15) is 30.3 Å². The summed E-state index contributed by atoms with van der Waals surface area (Å²) in [5.41, 5.74) is 1.55. The van der Waals surface area contributed by atoms with Gasteiger partial charge in [-0.3, -0.25) is 0 Å². The molecule has 3 rings (SSSR count). The molecule has 0 spiro atoms. The fourth-order valence-corrected chi connectivity index (χ4v) is 2.78. The van der Waals surface area contributed by atoms with Gasteiger partial charge in [0.05, 0.1) is 20.8 Å². The Balaban J connectivity index is 1.75. The standard InChI is InChI=1S/C21H20ClN3O4/c1-27-18-9-15(10-19(11-18)28-2)3-8-21(26)29-20(12-25-14-23-13-24-25)16-4-6-17(22)7-5-16/h3-11,13-14,20H,12H2,1-2H3/b8-3+. The molecule has 1 unspecified atom stereocenters. The van der Waals surface area contributed by atoms with E-state index >= 15 is 0 Å². The molecule has 1 heterocycles. The zero-order valence-electron chi connectivity index (χ0n) is 16.0. The Morgan fingerprint density at radius 2 is 1.83 bits per heavy atom. The monoisotopic (exact) mass is 413 g/mol. The molecule has 0 N–H and O–H groups in total. The second-order valence-electron chi connectivity index (χ2n) is 6.07. The maximum Gasteiger partial charge on any atom is 0.331 e. The van der Waals surface area contributed by atoms with Crippen LogP contribution in [0.4, 0.5) is 0 Å². The maximum absolute atomic E-state index is 12.5. The minimum Gasteiger partial charge on any atom is -0.497 e. The topological polar surface area (TPSA) is 75.5 Å². The lowest BCUT2D eigenvalue weighted by molar-refractivity contribution is -0.144. The molecule has 1 atom stereocenters. The van der Waals surface area contributed by atoms with Gasteiger partial charge in [-0.1, -0.05) is 23.7 Å². The molecule has 3 aromatic rings. The van der Waals surface area contributed by atoms with Crippen molar-refractivity contribution in [2.24, 2.45) is 0 Å². The molecule has 0 saturated heterocycles. The van der Waals surface area contributed by atoms with Gasteiger partial charge in [-0.25, -0.2) is 14.5 Å². The Morgan fingerprint density at radius 3 is 2.41 bits per heavy atom. The van der Waals surface area contributed by atoms with Crippen molar-refractivity contribution in [3.05, 3.63) is 77.3 Å². The highest BCUT2D eigenvalue weighted by Crippen LogP contribution is 2.24. The fourth-order valence-electron chi connectivity index (χ4n) is 2.65. The molecule has 0 saturated carbocycles. The van der Waals surface area contributed by atoms with Crippen LogP contribution in [0.15, 0.2) is 61.2 Å². The fraction of sp³-hybridized carbons (Fsp3) is 0.190. The van der Waals surface area contributed by atoms with E-state index in [1.54, 1.807) is 61.6 Å². The number of nitrogens with zero attached hydrogens (tertiary/aromatic N) is 3. The molecule has 150 valence electrons. The Kier molecular flexibility index (Phi) is 6.86. The summed E-state index contributed by atoms with van der Waals surface area (Å²) >= 11 is 5.96. The van der Waals surface area contributed by atoms with Gasteiger partial charge in [-0.2, -0.15) is 5.10 Å². The molecule has 0 radical (unpaired) electrons. The normalized spacial score (nSPS) is 12.0. The van der Waals surface area contributed by atoms with Crippen LogP contribution in [-0.4, -0.2) is 35.0 Å². The molecule has 8 heteroatoms. The Hall–Kier alpha value is -3.32. The van der Waals surface area contributed by atoms with Crippen LogP contribution < -0.4 is 9.47 Å². The van der Waals surface area contributed by atoms with Crippen molar-refractivity contribution in [2.45, 2.75) is 12.6 Å². The lowest BCUT2D eigenvalue weighted by atomic mass is 10.1. The van der Waals surface area contributed by atoms with E-state index in [4.69, 9.17) is 25.8 Å². The summed E-state index contributed by atoms with van der Waals surface area (Å²) in [6.45, 7) is 0.328. The minimum atomic E-state index is -0.550. The Labute approximate surface area is 173 Å². The third kappa shape index (κ3) is 5.83. The van der Waals surface area contributed by atoms with Crippen molar-refractivity contribution in [2.75, 3.05) is 14.2 Å². The van der Waals surface area contributed by atoms with Crippen molar-refractivity contribution in [3.8, 4) is 11.5 Å². The summed E-state index contributed by atoms with van der Waals surface area (Å²) in [5, 5.41) is 4.68. The van der Waals surface area contributed by atoms with Gasteiger partial charge < -0.3 is 14.2 Å². The number of aromatic nitrogens is 3. The average molecular weight is 414 g/mol. The van der Waals surface area contributed by atoms with Crippen molar-refractivity contribution >= 4 is 23.6 Å². The smallest absolute Gasteiger partial charge is 0.331 e. The first-order chi connectivity index (χ1) is 14.1. The largest absolute Gasteiger partial charge is 0.497 e. The van der Waals surface area contributed by atoms with Crippen molar-refractivity contribution < 1.29 is 19.0 Å². The molecular formula is C21H20ClN3O4. The third-order valence-corrected chi connectivity index (χ3v) is 4.36. The summed E-state index contributed by atoms with van der Waals surface area (Å²) in [4.78, 5) is 16.4. The number of halogens is 1. The quantitative estimate of drug-likeness (QED) is 0.411. The van der Waals surface area contributed by atoms with Crippen molar-refractivity contribution in [3.63, 3.8) is 0 Å². The van der Waals surface area contributed by atoms with Gasteiger partial charge in [0.2, 0.25) is 0 Å². The van der Waals surface area contributed by atoms with E-state index in [-0.39, 0.29) is 0 Å². The molecule has 0 bridgehead atoms. The van der Waals surface area contributed by atoms with Crippen LogP contribution in [0.3, 0.4) is 0 Å². The number of hydrogen-bond donors (Lipinski definition) is 0. The summed E-state index contributed by atoms with van der Waals surface area (Å²) in [6.07, 6.45) is 5.44. The highest BCUT2D eigenvalue weighted by atomic mass is 35.5. The average Bonchev–Trinajstić information content (AvgIpc) is 3.25. The Morgan fingerprint density at radius 1 is 1.14 bits per heavy atom. The van der Waals surface area contributed by atoms with Gasteiger partial charge in [-0.15, -0.1) is 0 Å². The predicted molar refractivity (Wildman–Crippen MR) is 109 cm³/mol. The lowest BCUT2D eigenvalue weighted by Gasteiger charge is -2.17. The first-order valence-electron chi connectivity index (χ1n) is 8.77. The molecule has 0 fully saturated rings. The van der Waals surface area contributed by atoms with Gasteiger partial charge >= 0.3 is 5.97 Å². The summed E-state index contributed by atoms with van der Waals surface area (Å²) in [6, 6.07) is 12.5. The van der Waals surface area contributed by atoms with Crippen LogP contribution in [0.2, 0.25) is 5.02 Å². The molecule has 0 aliphatic heterocycles. The van der Waals surface area contributed by atoms with Gasteiger partial charge in [0, 0.05) is 17.2 Å². The summed E-state index contributed by atoms with van der Waals surface area (Å²) in [7, 11) is 3.13. The zero-order chi connectivity index (χ0) is 20.6. The van der Waals surface area contributed by atoms with Crippen LogP contribution in [0.1, 0.15) is 17.2 Å². The van der Waals surface area contributed by atoms with Gasteiger partial charge in [0.15, 0.2) is 0 Å². The SMILES string of the molecule is COc1cc(/C=C/C(=O)OC(Cn2cncn2)c2ccc(Cl)cc2)cc(OC)c1. The molecule has 2 aromatic carbocycles. The zero-order valence-corrected chi connectivity index (χ0v) is 16.7. The highest BCUT2D eigenvalue weighted by Gasteiger charge is 2.17. The minimum absolute atomic E-state index is 0.328. The lowest BCUT2D eigenvalue weighted by Crippen LogP contribution is -2.16. The molecule has 0 aliphatic rings. The molecule has 0 aliphatic carbocycles. The number of carbonyl (C=O) groups is 1. The molecule has 1 aromatic heterocycles. The van der Waals surface area contributed by atoms with E-state index in [1.807, 2.05) is 12.1 Å². The van der Waals surface area contributed by atoms with E-state index < -0.39 is 12.1 Å². The number of hydrogen-bond acceptors (Lipinski definition) is 6. The molecular weight excluding hydrogens is 394 g/mol. The number of esters is 1. The van der Waals surface area contributed by atoms with Crippen LogP contribution >= 0.6 is 11.6 Å². The number of methoxy groups -OCH3 is 2. The van der Waals surface area contributed by atoms with E-state index in [0.29, 0.717) is 23.1 Å². The Bertz CT molecular complexity index is 950. The molecule has 7 nitrogen and oxygen atoms in total. The third-order valence-electron chi connectivity index (χ3n) is 4.11. The maximum atomic E-state index is 12.5. The summed E-state index contributed by atoms with van der Waals surface area (Å²) in [5.74, 6) is 0.761. The molecule has 29 heavy (non-hydrogen) atoms. The highest BCUT2D eigenvalue weighted by molar-refractivity contribution is 6.30. The summed E-state index contributed by atoms with van der Waals surface area (Å²) < 4.78 is 17.7. The number of carbonyl (C=O) groups excluding carboxylic acids is 1. The molecule has 0 amide bonds. The number of benzene rings is 2.